The summed E-state index contributed by atoms with van der Waals surface area (Å²) in [4.78, 5) is 25.3. The highest BCUT2D eigenvalue weighted by molar-refractivity contribution is 5.80. The number of rotatable bonds is 43. The van der Waals surface area contributed by atoms with Crippen molar-refractivity contribution in [1.29, 1.82) is 0 Å². The van der Waals surface area contributed by atoms with E-state index in [9.17, 15) is 55.5 Å². The molecule has 2 rings (SSSR count). The molecule has 14 unspecified atom stereocenters. The Labute approximate surface area is 427 Å². The third-order valence-corrected chi connectivity index (χ3v) is 14.4. The van der Waals surface area contributed by atoms with Gasteiger partial charge in [-0.1, -0.05) is 201 Å². The maximum Gasteiger partial charge on any atom is 0.249 e. The molecule has 2 aliphatic rings. The molecule has 0 aliphatic carbocycles. The molecule has 17 nitrogen and oxygen atoms in total. The van der Waals surface area contributed by atoms with E-state index in [4.69, 9.17) is 18.9 Å². The third-order valence-electron chi connectivity index (χ3n) is 14.4. The van der Waals surface area contributed by atoms with Crippen molar-refractivity contribution in [3.8, 4) is 0 Å². The van der Waals surface area contributed by atoms with Crippen LogP contribution in [-0.4, -0.2) is 163 Å². The SMILES string of the molecule is CCCCCCCCCCCCCCCCCCCC(O)C(=O)NC(COC1OC(CO)C(OC2OC(CO)C(O)C(O)C2NC(C)=O)C(O)C1O)C(O)C(O)CCCCCCCCCCCCC(C)C. The van der Waals surface area contributed by atoms with Crippen LogP contribution in [0.25, 0.3) is 0 Å². The minimum atomic E-state index is -1.86. The molecule has 0 radical (unpaired) electrons. The molecular weight excluding hydrogens is 917 g/mol. The molecule has 0 aromatic rings. The van der Waals surface area contributed by atoms with E-state index in [2.05, 4.69) is 31.4 Å². The van der Waals surface area contributed by atoms with E-state index in [0.717, 1.165) is 57.8 Å². The van der Waals surface area contributed by atoms with Crippen molar-refractivity contribution in [3.63, 3.8) is 0 Å². The fraction of sp³-hybridized carbons (Fsp3) is 0.963. The summed E-state index contributed by atoms with van der Waals surface area (Å²) < 4.78 is 23.1. The molecule has 11 N–H and O–H groups in total. The molecule has 420 valence electrons. The van der Waals surface area contributed by atoms with Gasteiger partial charge in [0.1, 0.15) is 61.0 Å². The average molecular weight is 1020 g/mol. The standard InChI is InChI=1S/C54H104N2O15/c1-5-6-7-8-9-10-11-12-13-14-15-16-17-22-25-28-31-34-42(61)52(67)56-40(46(62)41(60)33-30-27-24-21-19-18-20-23-26-29-32-38(2)3)37-68-54-50(66)49(65)51(44(36-58)70-54)71-53-45(55-39(4)59)48(64)47(63)43(35-57)69-53/h38,40-51,53-54,57-58,60-66H,5-37H2,1-4H3,(H,55,59)(H,56,67). The second kappa shape index (κ2) is 39.8. The summed E-state index contributed by atoms with van der Waals surface area (Å²) in [7, 11) is 0. The van der Waals surface area contributed by atoms with E-state index in [1.165, 1.54) is 122 Å². The molecule has 17 heteroatoms. The Hall–Kier alpha value is -1.58. The molecule has 2 amide bonds. The lowest BCUT2D eigenvalue weighted by Gasteiger charge is -2.47. The average Bonchev–Trinajstić information content (AvgIpc) is 3.34. The van der Waals surface area contributed by atoms with E-state index < -0.39 is 117 Å². The summed E-state index contributed by atoms with van der Waals surface area (Å²) in [6.45, 7) is 5.87. The molecule has 2 fully saturated rings. The molecule has 0 bridgehead atoms. The summed E-state index contributed by atoms with van der Waals surface area (Å²) in [5.74, 6) is -0.627. The fourth-order valence-corrected chi connectivity index (χ4v) is 9.76. The number of nitrogens with one attached hydrogen (secondary N) is 2. The molecule has 14 atom stereocenters. The summed E-state index contributed by atoms with van der Waals surface area (Å²) in [6.07, 6.45) is 14.6. The van der Waals surface area contributed by atoms with Crippen LogP contribution in [0.5, 0.6) is 0 Å². The maximum atomic E-state index is 13.4. The van der Waals surface area contributed by atoms with Crippen LogP contribution in [0.15, 0.2) is 0 Å². The minimum absolute atomic E-state index is 0.202. The summed E-state index contributed by atoms with van der Waals surface area (Å²) >= 11 is 0. The smallest absolute Gasteiger partial charge is 0.249 e. The van der Waals surface area contributed by atoms with Gasteiger partial charge in [-0.25, -0.2) is 0 Å². The fourth-order valence-electron chi connectivity index (χ4n) is 9.76. The molecule has 0 aromatic carbocycles. The number of carbonyl (C=O) groups is 2. The normalized spacial score (nSPS) is 26.6. The van der Waals surface area contributed by atoms with E-state index >= 15 is 0 Å². The zero-order valence-corrected chi connectivity index (χ0v) is 44.5. The van der Waals surface area contributed by atoms with E-state index in [1.807, 2.05) is 0 Å². The van der Waals surface area contributed by atoms with Gasteiger partial charge in [0.2, 0.25) is 11.8 Å². The second-order valence-corrected chi connectivity index (χ2v) is 21.2. The number of carbonyl (C=O) groups excluding carboxylic acids is 2. The number of aliphatic hydroxyl groups is 9. The Kier molecular flexibility index (Phi) is 36.7. The quantitative estimate of drug-likeness (QED) is 0.0326. The van der Waals surface area contributed by atoms with E-state index in [-0.39, 0.29) is 12.8 Å². The number of ether oxygens (including phenoxy) is 4. The van der Waals surface area contributed by atoms with Crippen LogP contribution >= 0.6 is 0 Å². The first-order valence-corrected chi connectivity index (χ1v) is 28.3. The Morgan fingerprint density at radius 2 is 0.986 bits per heavy atom. The molecule has 71 heavy (non-hydrogen) atoms. The first-order valence-electron chi connectivity index (χ1n) is 28.3. The Morgan fingerprint density at radius 1 is 0.549 bits per heavy atom. The lowest BCUT2D eigenvalue weighted by Crippen LogP contribution is -2.67. The van der Waals surface area contributed by atoms with E-state index in [0.29, 0.717) is 12.8 Å². The summed E-state index contributed by atoms with van der Waals surface area (Å²) in [5.41, 5.74) is 0. The molecule has 2 heterocycles. The molecule has 0 aromatic heterocycles. The lowest BCUT2D eigenvalue weighted by atomic mass is 9.95. The van der Waals surface area contributed by atoms with Gasteiger partial charge in [0.25, 0.3) is 0 Å². The zero-order valence-electron chi connectivity index (χ0n) is 44.5. The number of amides is 2. The van der Waals surface area contributed by atoms with Crippen molar-refractivity contribution >= 4 is 11.8 Å². The minimum Gasteiger partial charge on any atom is -0.394 e. The number of hydrogen-bond acceptors (Lipinski definition) is 15. The Morgan fingerprint density at radius 3 is 1.44 bits per heavy atom. The van der Waals surface area contributed by atoms with Crippen LogP contribution in [0.3, 0.4) is 0 Å². The van der Waals surface area contributed by atoms with Gasteiger partial charge in [-0.2, -0.15) is 0 Å². The number of unbranched alkanes of at least 4 members (excludes halogenated alkanes) is 25. The maximum absolute atomic E-state index is 13.4. The first-order chi connectivity index (χ1) is 34.2. The molecule has 0 spiro atoms. The van der Waals surface area contributed by atoms with Crippen LogP contribution in [0.1, 0.15) is 220 Å². The molecular formula is C54H104N2O15. The summed E-state index contributed by atoms with van der Waals surface area (Å²) in [5, 5.41) is 102. The highest BCUT2D eigenvalue weighted by Crippen LogP contribution is 2.30. The van der Waals surface area contributed by atoms with Gasteiger partial charge >= 0.3 is 0 Å². The number of aliphatic hydroxyl groups excluding tert-OH is 9. The van der Waals surface area contributed by atoms with Crippen molar-refractivity contribution in [2.45, 2.75) is 306 Å². The van der Waals surface area contributed by atoms with Crippen molar-refractivity contribution < 1.29 is 74.5 Å². The molecule has 0 saturated carbocycles. The van der Waals surface area contributed by atoms with Gasteiger partial charge in [-0.15, -0.1) is 0 Å². The monoisotopic (exact) mass is 1020 g/mol. The van der Waals surface area contributed by atoms with Gasteiger partial charge in [0, 0.05) is 6.92 Å². The predicted octanol–water partition coefficient (Wildman–Crippen LogP) is 5.72. The molecule has 2 aliphatic heterocycles. The third kappa shape index (κ3) is 27.2. The van der Waals surface area contributed by atoms with Crippen LogP contribution in [0.2, 0.25) is 0 Å². The highest BCUT2D eigenvalue weighted by Gasteiger charge is 2.51. The van der Waals surface area contributed by atoms with Crippen LogP contribution in [-0.2, 0) is 28.5 Å². The Bertz CT molecular complexity index is 1320. The van der Waals surface area contributed by atoms with Gasteiger partial charge in [0.05, 0.1) is 32.0 Å². The van der Waals surface area contributed by atoms with Gasteiger partial charge in [0.15, 0.2) is 12.6 Å². The topological polar surface area (TPSA) is 277 Å². The van der Waals surface area contributed by atoms with Gasteiger partial charge in [-0.3, -0.25) is 9.59 Å². The molecule has 2 saturated heterocycles. The van der Waals surface area contributed by atoms with Crippen molar-refractivity contribution in [2.24, 2.45) is 5.92 Å². The predicted molar refractivity (Wildman–Crippen MR) is 273 cm³/mol. The van der Waals surface area contributed by atoms with Crippen LogP contribution in [0.4, 0.5) is 0 Å². The second-order valence-electron chi connectivity index (χ2n) is 21.2. The number of hydrogen-bond donors (Lipinski definition) is 11. The van der Waals surface area contributed by atoms with E-state index in [1.54, 1.807) is 0 Å². The Balaban J connectivity index is 1.93. The van der Waals surface area contributed by atoms with Crippen LogP contribution < -0.4 is 10.6 Å². The van der Waals surface area contributed by atoms with Crippen molar-refractivity contribution in [3.05, 3.63) is 0 Å². The van der Waals surface area contributed by atoms with Gasteiger partial charge in [-0.05, 0) is 18.8 Å². The van der Waals surface area contributed by atoms with Crippen LogP contribution in [0, 0.1) is 5.92 Å². The van der Waals surface area contributed by atoms with Gasteiger partial charge < -0.3 is 75.5 Å². The largest absolute Gasteiger partial charge is 0.394 e. The van der Waals surface area contributed by atoms with Crippen molar-refractivity contribution in [2.75, 3.05) is 19.8 Å². The first kappa shape index (κ1) is 65.5. The highest BCUT2D eigenvalue weighted by atomic mass is 16.7. The zero-order chi connectivity index (χ0) is 52.4. The summed E-state index contributed by atoms with van der Waals surface area (Å²) in [6, 6.07) is -2.67. The lowest BCUT2D eigenvalue weighted by molar-refractivity contribution is -0.347. The van der Waals surface area contributed by atoms with Crippen molar-refractivity contribution in [1.82, 2.24) is 10.6 Å².